The van der Waals surface area contributed by atoms with Gasteiger partial charge in [0.25, 0.3) is 0 Å². The largest absolute Gasteiger partial charge is 0.301 e. The zero-order chi connectivity index (χ0) is 12.8. The maximum Gasteiger partial charge on any atom is 0.0524 e. The molecule has 1 aromatic heterocycles. The summed E-state index contributed by atoms with van der Waals surface area (Å²) in [6.45, 7) is 11.0. The van der Waals surface area contributed by atoms with E-state index in [1.165, 1.54) is 31.5 Å². The summed E-state index contributed by atoms with van der Waals surface area (Å²) in [4.78, 5) is 2.56. The molecule has 0 bridgehead atoms. The van der Waals surface area contributed by atoms with Gasteiger partial charge >= 0.3 is 0 Å². The summed E-state index contributed by atoms with van der Waals surface area (Å²) in [6.07, 6.45) is 6.75. The Kier molecular flexibility index (Phi) is 5.69. The minimum Gasteiger partial charge on any atom is -0.301 e. The minimum atomic E-state index is 0.694. The lowest BCUT2D eigenvalue weighted by Gasteiger charge is -2.34. The molecular formula is C14H27N3. The van der Waals surface area contributed by atoms with Gasteiger partial charge in [0.2, 0.25) is 0 Å². The number of likely N-dealkylation sites (tertiary alicyclic amines) is 1. The van der Waals surface area contributed by atoms with Gasteiger partial charge in [-0.1, -0.05) is 13.8 Å². The first kappa shape index (κ1) is 14.2. The average molecular weight is 237 g/mol. The molecule has 0 spiro atoms. The highest BCUT2D eigenvalue weighted by Gasteiger charge is 2.22. The Morgan fingerprint density at radius 3 is 2.24 bits per heavy atom. The van der Waals surface area contributed by atoms with Crippen LogP contribution < -0.4 is 0 Å². The summed E-state index contributed by atoms with van der Waals surface area (Å²) in [7, 11) is 1.99. The van der Waals surface area contributed by atoms with Gasteiger partial charge in [0, 0.05) is 19.3 Å². The molecule has 0 aliphatic carbocycles. The number of aryl methyl sites for hydroxylation is 1. The molecule has 0 saturated carbocycles. The van der Waals surface area contributed by atoms with Crippen molar-refractivity contribution in [2.75, 3.05) is 13.1 Å². The van der Waals surface area contributed by atoms with Gasteiger partial charge < -0.3 is 4.90 Å². The Hall–Kier alpha value is -0.830. The molecule has 1 aromatic rings. The van der Waals surface area contributed by atoms with Crippen LogP contribution in [0.5, 0.6) is 0 Å². The normalized spacial score (nSPS) is 18.0. The number of nitrogens with zero attached hydrogens (tertiary/aromatic N) is 3. The summed E-state index contributed by atoms with van der Waals surface area (Å²) in [6, 6.07) is 0.694. The van der Waals surface area contributed by atoms with Crippen LogP contribution in [0.4, 0.5) is 0 Å². The smallest absolute Gasteiger partial charge is 0.0524 e. The van der Waals surface area contributed by atoms with Gasteiger partial charge in [-0.3, -0.25) is 4.68 Å². The molecule has 1 saturated heterocycles. The molecule has 0 amide bonds. The number of hydrogen-bond acceptors (Lipinski definition) is 2. The van der Waals surface area contributed by atoms with E-state index in [1.807, 2.05) is 31.8 Å². The van der Waals surface area contributed by atoms with Crippen molar-refractivity contribution in [2.45, 2.75) is 52.5 Å². The van der Waals surface area contributed by atoms with Crippen LogP contribution >= 0.6 is 0 Å². The van der Waals surface area contributed by atoms with Crippen LogP contribution in [-0.4, -0.2) is 33.8 Å². The lowest BCUT2D eigenvalue weighted by Crippen LogP contribution is -2.37. The molecule has 17 heavy (non-hydrogen) atoms. The van der Waals surface area contributed by atoms with Crippen LogP contribution in [0.25, 0.3) is 0 Å². The Labute approximate surface area is 106 Å². The van der Waals surface area contributed by atoms with E-state index in [-0.39, 0.29) is 0 Å². The second kappa shape index (κ2) is 6.80. The van der Waals surface area contributed by atoms with Crippen LogP contribution in [0.3, 0.4) is 0 Å². The summed E-state index contributed by atoms with van der Waals surface area (Å²) < 4.78 is 1.91. The second-order valence-electron chi connectivity index (χ2n) is 4.85. The van der Waals surface area contributed by atoms with Crippen LogP contribution in [0.2, 0.25) is 0 Å². The fourth-order valence-corrected chi connectivity index (χ4v) is 2.40. The van der Waals surface area contributed by atoms with E-state index in [1.54, 1.807) is 0 Å². The van der Waals surface area contributed by atoms with E-state index in [0.717, 1.165) is 5.92 Å². The van der Waals surface area contributed by atoms with Gasteiger partial charge in [0.05, 0.1) is 6.20 Å². The first-order chi connectivity index (χ1) is 8.16. The zero-order valence-corrected chi connectivity index (χ0v) is 12.0. The van der Waals surface area contributed by atoms with Gasteiger partial charge in [-0.15, -0.1) is 0 Å². The fraction of sp³-hybridized carbons (Fsp3) is 0.786. The second-order valence-corrected chi connectivity index (χ2v) is 4.85. The monoisotopic (exact) mass is 237 g/mol. The van der Waals surface area contributed by atoms with E-state index in [4.69, 9.17) is 0 Å². The molecule has 0 aromatic carbocycles. The highest BCUT2D eigenvalue weighted by atomic mass is 15.2. The van der Waals surface area contributed by atoms with Crippen molar-refractivity contribution >= 4 is 0 Å². The van der Waals surface area contributed by atoms with Crippen LogP contribution in [0.15, 0.2) is 12.4 Å². The van der Waals surface area contributed by atoms with Crippen LogP contribution in [0.1, 0.15) is 52.0 Å². The number of rotatable bonds is 2. The van der Waals surface area contributed by atoms with Crippen LogP contribution in [0, 0.1) is 0 Å². The predicted octanol–water partition coefficient (Wildman–Crippen LogP) is 3.03. The minimum absolute atomic E-state index is 0.694. The summed E-state index contributed by atoms with van der Waals surface area (Å²) >= 11 is 0. The average Bonchev–Trinajstić information content (AvgIpc) is 2.79. The van der Waals surface area contributed by atoms with Gasteiger partial charge in [-0.05, 0) is 51.3 Å². The molecule has 3 heteroatoms. The SMILES string of the molecule is CC.CC(C)N1CCC(c2cnn(C)c2)CC1. The highest BCUT2D eigenvalue weighted by molar-refractivity contribution is 5.12. The van der Waals surface area contributed by atoms with E-state index in [0.29, 0.717) is 6.04 Å². The molecule has 0 N–H and O–H groups in total. The van der Waals surface area contributed by atoms with Crippen molar-refractivity contribution < 1.29 is 0 Å². The molecule has 1 fully saturated rings. The zero-order valence-electron chi connectivity index (χ0n) is 12.0. The Bertz CT molecular complexity index is 309. The summed E-state index contributed by atoms with van der Waals surface area (Å²) in [5.74, 6) is 0.730. The molecule has 1 aliphatic heterocycles. The molecule has 2 rings (SSSR count). The molecular weight excluding hydrogens is 210 g/mol. The molecule has 0 unspecified atom stereocenters. The topological polar surface area (TPSA) is 21.1 Å². The van der Waals surface area contributed by atoms with Crippen molar-refractivity contribution in [3.05, 3.63) is 18.0 Å². The summed E-state index contributed by atoms with van der Waals surface area (Å²) in [5.41, 5.74) is 1.42. The van der Waals surface area contributed by atoms with E-state index in [2.05, 4.69) is 30.0 Å². The molecule has 2 heterocycles. The quantitative estimate of drug-likeness (QED) is 0.788. The molecule has 1 aliphatic rings. The van der Waals surface area contributed by atoms with Crippen molar-refractivity contribution in [1.82, 2.24) is 14.7 Å². The number of piperidine rings is 1. The summed E-state index contributed by atoms with van der Waals surface area (Å²) in [5, 5.41) is 4.25. The Morgan fingerprint density at radius 1 is 1.24 bits per heavy atom. The third-order valence-corrected chi connectivity index (χ3v) is 3.46. The first-order valence-corrected chi connectivity index (χ1v) is 6.89. The maximum absolute atomic E-state index is 4.25. The molecule has 3 nitrogen and oxygen atoms in total. The van der Waals surface area contributed by atoms with Crippen molar-refractivity contribution in [1.29, 1.82) is 0 Å². The van der Waals surface area contributed by atoms with Gasteiger partial charge in [-0.25, -0.2) is 0 Å². The van der Waals surface area contributed by atoms with Gasteiger partial charge in [0.1, 0.15) is 0 Å². The van der Waals surface area contributed by atoms with Gasteiger partial charge in [0.15, 0.2) is 0 Å². The van der Waals surface area contributed by atoms with Gasteiger partial charge in [-0.2, -0.15) is 5.10 Å². The lowest BCUT2D eigenvalue weighted by molar-refractivity contribution is 0.172. The third-order valence-electron chi connectivity index (χ3n) is 3.46. The first-order valence-electron chi connectivity index (χ1n) is 6.89. The van der Waals surface area contributed by atoms with Crippen molar-refractivity contribution in [3.8, 4) is 0 Å². The van der Waals surface area contributed by atoms with Crippen molar-refractivity contribution in [3.63, 3.8) is 0 Å². The van der Waals surface area contributed by atoms with Crippen LogP contribution in [-0.2, 0) is 7.05 Å². The highest BCUT2D eigenvalue weighted by Crippen LogP contribution is 2.28. The number of aromatic nitrogens is 2. The standard InChI is InChI=1S/C12H21N3.C2H6/c1-10(2)15-6-4-11(5-7-15)12-8-13-14(3)9-12;1-2/h8-11H,4-7H2,1-3H3;1-2H3. The lowest BCUT2D eigenvalue weighted by atomic mass is 9.91. The Morgan fingerprint density at radius 2 is 1.82 bits per heavy atom. The molecule has 0 atom stereocenters. The predicted molar refractivity (Wildman–Crippen MR) is 73.2 cm³/mol. The number of hydrogen-bond donors (Lipinski definition) is 0. The van der Waals surface area contributed by atoms with E-state index < -0.39 is 0 Å². The maximum atomic E-state index is 4.25. The molecule has 98 valence electrons. The molecule has 0 radical (unpaired) electrons. The fourth-order valence-electron chi connectivity index (χ4n) is 2.40. The van der Waals surface area contributed by atoms with E-state index >= 15 is 0 Å². The third kappa shape index (κ3) is 3.84. The van der Waals surface area contributed by atoms with Crippen molar-refractivity contribution in [2.24, 2.45) is 7.05 Å². The Balaban J connectivity index is 0.000000686. The van der Waals surface area contributed by atoms with E-state index in [9.17, 15) is 0 Å².